The number of halogens is 1. The van der Waals surface area contributed by atoms with Gasteiger partial charge in [-0.3, -0.25) is 4.90 Å². The summed E-state index contributed by atoms with van der Waals surface area (Å²) in [7, 11) is 2.27. The van der Waals surface area contributed by atoms with E-state index in [1.165, 1.54) is 24.9 Å². The van der Waals surface area contributed by atoms with Crippen LogP contribution in [0.4, 0.5) is 5.69 Å². The Morgan fingerprint density at radius 2 is 2.00 bits per heavy atom. The first-order valence-corrected chi connectivity index (χ1v) is 8.30. The van der Waals surface area contributed by atoms with Crippen LogP contribution in [0.3, 0.4) is 0 Å². The first-order valence-electron chi connectivity index (χ1n) is 7.50. The van der Waals surface area contributed by atoms with Crippen LogP contribution in [0.1, 0.15) is 37.9 Å². The lowest BCUT2D eigenvalue weighted by Gasteiger charge is -2.30. The van der Waals surface area contributed by atoms with Gasteiger partial charge in [-0.25, -0.2) is 0 Å². The number of benzene rings is 1. The SMILES string of the molecule is CC(O)c1ccc(Br)cc1N1CCC2CCC(C1)N2C. The Bertz CT molecular complexity index is 491. The lowest BCUT2D eigenvalue weighted by Crippen LogP contribution is -2.37. The highest BCUT2D eigenvalue weighted by atomic mass is 79.9. The fraction of sp³-hybridized carbons (Fsp3) is 0.625. The van der Waals surface area contributed by atoms with Crippen molar-refractivity contribution in [1.29, 1.82) is 0 Å². The Balaban J connectivity index is 1.91. The van der Waals surface area contributed by atoms with E-state index in [1.807, 2.05) is 19.1 Å². The molecule has 3 rings (SSSR count). The third kappa shape index (κ3) is 2.61. The van der Waals surface area contributed by atoms with Crippen LogP contribution in [0.2, 0.25) is 0 Å². The molecule has 0 amide bonds. The zero-order valence-corrected chi connectivity index (χ0v) is 13.8. The molecule has 3 unspecified atom stereocenters. The quantitative estimate of drug-likeness (QED) is 0.897. The van der Waals surface area contributed by atoms with Crippen LogP contribution in [0.15, 0.2) is 22.7 Å². The molecule has 2 aliphatic heterocycles. The van der Waals surface area contributed by atoms with Crippen LogP contribution in [0.25, 0.3) is 0 Å². The Kier molecular flexibility index (Phi) is 4.07. The molecule has 20 heavy (non-hydrogen) atoms. The second-order valence-electron chi connectivity index (χ2n) is 6.16. The number of nitrogens with zero attached hydrogens (tertiary/aromatic N) is 2. The Morgan fingerprint density at radius 1 is 1.25 bits per heavy atom. The van der Waals surface area contributed by atoms with E-state index in [1.54, 1.807) is 0 Å². The highest BCUT2D eigenvalue weighted by Gasteiger charge is 2.35. The van der Waals surface area contributed by atoms with Gasteiger partial charge in [0.2, 0.25) is 0 Å². The largest absolute Gasteiger partial charge is 0.389 e. The minimum Gasteiger partial charge on any atom is -0.389 e. The minimum absolute atomic E-state index is 0.420. The van der Waals surface area contributed by atoms with Crippen LogP contribution < -0.4 is 4.90 Å². The van der Waals surface area contributed by atoms with E-state index in [9.17, 15) is 5.11 Å². The van der Waals surface area contributed by atoms with Crippen molar-refractivity contribution in [1.82, 2.24) is 4.90 Å². The number of rotatable bonds is 2. The van der Waals surface area contributed by atoms with Gasteiger partial charge < -0.3 is 10.0 Å². The zero-order valence-electron chi connectivity index (χ0n) is 12.2. The van der Waals surface area contributed by atoms with E-state index in [0.29, 0.717) is 6.04 Å². The van der Waals surface area contributed by atoms with Gasteiger partial charge in [0.1, 0.15) is 0 Å². The van der Waals surface area contributed by atoms with Crippen LogP contribution in [-0.4, -0.2) is 42.2 Å². The third-order valence-electron chi connectivity index (χ3n) is 4.93. The second-order valence-corrected chi connectivity index (χ2v) is 7.08. The zero-order chi connectivity index (χ0) is 14.3. The molecular weight excluding hydrogens is 316 g/mol. The predicted molar refractivity (Wildman–Crippen MR) is 86.2 cm³/mol. The Labute approximate surface area is 129 Å². The van der Waals surface area contributed by atoms with E-state index < -0.39 is 6.10 Å². The number of aliphatic hydroxyl groups excluding tert-OH is 1. The Hall–Kier alpha value is -0.580. The van der Waals surface area contributed by atoms with Crippen molar-refractivity contribution in [2.75, 3.05) is 25.0 Å². The van der Waals surface area contributed by atoms with Crippen molar-refractivity contribution in [2.45, 2.75) is 44.4 Å². The molecule has 2 aliphatic rings. The van der Waals surface area contributed by atoms with Crippen molar-refractivity contribution in [2.24, 2.45) is 0 Å². The molecule has 1 aromatic rings. The van der Waals surface area contributed by atoms with Crippen LogP contribution in [0.5, 0.6) is 0 Å². The van der Waals surface area contributed by atoms with E-state index in [4.69, 9.17) is 0 Å². The summed E-state index contributed by atoms with van der Waals surface area (Å²) in [6.45, 7) is 4.01. The van der Waals surface area contributed by atoms with Gasteiger partial charge in [-0.15, -0.1) is 0 Å². The second kappa shape index (κ2) is 5.66. The average Bonchev–Trinajstić information content (AvgIpc) is 2.62. The van der Waals surface area contributed by atoms with Gasteiger partial charge in [-0.05, 0) is 45.4 Å². The molecule has 1 N–H and O–H groups in total. The number of aliphatic hydroxyl groups is 1. The lowest BCUT2D eigenvalue weighted by atomic mass is 10.0. The van der Waals surface area contributed by atoms with E-state index in [2.05, 4.69) is 38.8 Å². The molecule has 0 aliphatic carbocycles. The number of hydrogen-bond donors (Lipinski definition) is 1. The smallest absolute Gasteiger partial charge is 0.0782 e. The predicted octanol–water partition coefficient (Wildman–Crippen LogP) is 3.18. The molecule has 110 valence electrons. The highest BCUT2D eigenvalue weighted by molar-refractivity contribution is 9.10. The molecule has 3 nitrogen and oxygen atoms in total. The third-order valence-corrected chi connectivity index (χ3v) is 5.42. The molecule has 0 aromatic heterocycles. The molecule has 4 heteroatoms. The average molecular weight is 339 g/mol. The molecule has 0 saturated carbocycles. The van der Waals surface area contributed by atoms with E-state index in [0.717, 1.165) is 29.2 Å². The van der Waals surface area contributed by atoms with Crippen molar-refractivity contribution in [3.8, 4) is 0 Å². The summed E-state index contributed by atoms with van der Waals surface area (Å²) in [5, 5.41) is 10.0. The first kappa shape index (κ1) is 14.4. The van der Waals surface area contributed by atoms with Crippen LogP contribution in [0, 0.1) is 0 Å². The molecule has 2 heterocycles. The molecule has 0 radical (unpaired) electrons. The molecule has 0 spiro atoms. The van der Waals surface area contributed by atoms with Crippen LogP contribution in [-0.2, 0) is 0 Å². The fourth-order valence-electron chi connectivity index (χ4n) is 3.67. The summed E-state index contributed by atoms with van der Waals surface area (Å²) in [5.74, 6) is 0. The molecule has 3 atom stereocenters. The van der Waals surface area contributed by atoms with Crippen LogP contribution >= 0.6 is 15.9 Å². The molecular formula is C16H23BrN2O. The number of likely N-dealkylation sites (N-methyl/N-ethyl adjacent to an activating group) is 1. The maximum absolute atomic E-state index is 10.0. The molecule has 2 saturated heterocycles. The van der Waals surface area contributed by atoms with Crippen molar-refractivity contribution < 1.29 is 5.11 Å². The van der Waals surface area contributed by atoms with Gasteiger partial charge >= 0.3 is 0 Å². The summed E-state index contributed by atoms with van der Waals surface area (Å²) in [5.41, 5.74) is 2.23. The summed E-state index contributed by atoms with van der Waals surface area (Å²) in [6.07, 6.45) is 3.45. The van der Waals surface area contributed by atoms with Gasteiger partial charge in [0, 0.05) is 40.9 Å². The normalized spacial score (nSPS) is 28.5. The number of anilines is 1. The maximum Gasteiger partial charge on any atom is 0.0782 e. The fourth-order valence-corrected chi connectivity index (χ4v) is 4.02. The summed E-state index contributed by atoms with van der Waals surface area (Å²) < 4.78 is 1.08. The van der Waals surface area contributed by atoms with Crippen molar-refractivity contribution >= 4 is 21.6 Å². The van der Waals surface area contributed by atoms with Gasteiger partial charge in [0.05, 0.1) is 6.10 Å². The van der Waals surface area contributed by atoms with Gasteiger partial charge in [-0.1, -0.05) is 22.0 Å². The number of hydrogen-bond acceptors (Lipinski definition) is 3. The standard InChI is InChI=1S/C16H23BrN2O/c1-11(20)15-6-3-12(17)9-16(15)19-8-7-13-4-5-14(10-19)18(13)2/h3,6,9,11,13-14,20H,4-5,7-8,10H2,1-2H3. The van der Waals surface area contributed by atoms with Crippen molar-refractivity contribution in [3.05, 3.63) is 28.2 Å². The van der Waals surface area contributed by atoms with E-state index in [-0.39, 0.29) is 0 Å². The van der Waals surface area contributed by atoms with Crippen molar-refractivity contribution in [3.63, 3.8) is 0 Å². The highest BCUT2D eigenvalue weighted by Crippen LogP contribution is 2.35. The number of fused-ring (bicyclic) bond motifs is 2. The monoisotopic (exact) mass is 338 g/mol. The molecule has 1 aromatic carbocycles. The first-order chi connectivity index (χ1) is 9.56. The van der Waals surface area contributed by atoms with E-state index >= 15 is 0 Å². The van der Waals surface area contributed by atoms with Gasteiger partial charge in [0.25, 0.3) is 0 Å². The Morgan fingerprint density at radius 3 is 2.75 bits per heavy atom. The summed E-state index contributed by atoms with van der Waals surface area (Å²) in [6, 6.07) is 7.61. The molecule has 2 bridgehead atoms. The summed E-state index contributed by atoms with van der Waals surface area (Å²) in [4.78, 5) is 5.02. The lowest BCUT2D eigenvalue weighted by molar-refractivity contribution is 0.199. The van der Waals surface area contributed by atoms with Gasteiger partial charge in [-0.2, -0.15) is 0 Å². The van der Waals surface area contributed by atoms with Gasteiger partial charge in [0.15, 0.2) is 0 Å². The molecule has 2 fully saturated rings. The minimum atomic E-state index is -0.420. The maximum atomic E-state index is 10.0. The summed E-state index contributed by atoms with van der Waals surface area (Å²) >= 11 is 3.57. The topological polar surface area (TPSA) is 26.7 Å².